The van der Waals surface area contributed by atoms with Gasteiger partial charge < -0.3 is 0 Å². The van der Waals surface area contributed by atoms with Gasteiger partial charge in [-0.05, 0) is 40.7 Å². The Hall–Kier alpha value is -2.67. The number of aliphatic imine (C=N–C) groups is 1. The number of hydrogen-bond donors (Lipinski definition) is 0. The van der Waals surface area contributed by atoms with Gasteiger partial charge >= 0.3 is 0 Å². The van der Waals surface area contributed by atoms with Gasteiger partial charge in [-0.15, -0.1) is 0 Å². The Morgan fingerprint density at radius 2 is 1.26 bits per heavy atom. The van der Waals surface area contributed by atoms with Crippen LogP contribution in [-0.2, 0) is 6.42 Å². The molecule has 4 rings (SSSR count). The van der Waals surface area contributed by atoms with Crippen LogP contribution in [0.1, 0.15) is 29.2 Å². The fraction of sp³-hybridized carbons (Fsp3) is 0.136. The highest BCUT2D eigenvalue weighted by molar-refractivity contribution is 5.79. The van der Waals surface area contributed by atoms with Gasteiger partial charge in [0.05, 0.1) is 0 Å². The molecule has 0 N–H and O–H groups in total. The molecule has 0 aliphatic heterocycles. The molecule has 0 unspecified atom stereocenters. The van der Waals surface area contributed by atoms with Crippen molar-refractivity contribution >= 4 is 6.21 Å². The quantitative estimate of drug-likeness (QED) is 0.567. The number of benzene rings is 3. The Morgan fingerprint density at radius 1 is 0.696 bits per heavy atom. The minimum absolute atomic E-state index is 0.151. The lowest BCUT2D eigenvalue weighted by Gasteiger charge is -2.07. The van der Waals surface area contributed by atoms with Gasteiger partial charge in [0.25, 0.3) is 0 Å². The van der Waals surface area contributed by atoms with E-state index in [4.69, 9.17) is 4.99 Å². The van der Waals surface area contributed by atoms with Crippen molar-refractivity contribution in [1.82, 2.24) is 0 Å². The summed E-state index contributed by atoms with van der Waals surface area (Å²) in [6.45, 7) is 0. The monoisotopic (exact) mass is 297 g/mol. The molecule has 0 radical (unpaired) electrons. The third kappa shape index (κ3) is 2.70. The molecule has 0 saturated carbocycles. The van der Waals surface area contributed by atoms with E-state index in [0.717, 1.165) is 12.8 Å². The summed E-state index contributed by atoms with van der Waals surface area (Å²) >= 11 is 0. The van der Waals surface area contributed by atoms with Crippen LogP contribution in [-0.4, -0.2) is 6.21 Å². The Kier molecular flexibility index (Phi) is 3.77. The topological polar surface area (TPSA) is 12.4 Å². The minimum Gasteiger partial charge on any atom is -0.285 e. The van der Waals surface area contributed by atoms with Gasteiger partial charge in [-0.2, -0.15) is 0 Å². The minimum atomic E-state index is 0.151. The maximum atomic E-state index is 4.90. The summed E-state index contributed by atoms with van der Waals surface area (Å²) in [7, 11) is 0. The number of nitrogens with zero attached hydrogens (tertiary/aromatic N) is 1. The second kappa shape index (κ2) is 6.21. The maximum absolute atomic E-state index is 4.90. The van der Waals surface area contributed by atoms with Crippen LogP contribution in [0.5, 0.6) is 0 Å². The number of rotatable bonds is 4. The van der Waals surface area contributed by atoms with E-state index in [2.05, 4.69) is 85.1 Å². The number of fused-ring (bicyclic) bond motifs is 3. The first-order chi connectivity index (χ1) is 11.4. The highest BCUT2D eigenvalue weighted by Gasteiger charge is 2.26. The van der Waals surface area contributed by atoms with Crippen LogP contribution in [0, 0.1) is 0 Å². The molecule has 1 aliphatic rings. The first kappa shape index (κ1) is 14.0. The molecule has 0 fully saturated rings. The third-order valence-corrected chi connectivity index (χ3v) is 4.46. The van der Waals surface area contributed by atoms with Crippen LogP contribution >= 0.6 is 0 Å². The molecule has 0 bridgehead atoms. The SMILES string of the molecule is C(CCc1ccccc1)=NC1c2ccccc2-c2ccccc21. The molecular weight excluding hydrogens is 278 g/mol. The zero-order chi connectivity index (χ0) is 15.5. The lowest BCUT2D eigenvalue weighted by molar-refractivity contribution is 0.895. The normalized spacial score (nSPS) is 13.2. The standard InChI is InChI=1S/C22H19N/c1-2-9-17(10-3-1)11-8-16-23-22-20-14-6-4-12-18(20)19-13-5-7-15-21(19)22/h1-7,9-10,12-16,22H,8,11H2. The van der Waals surface area contributed by atoms with Crippen molar-refractivity contribution in [3.8, 4) is 11.1 Å². The van der Waals surface area contributed by atoms with Crippen LogP contribution in [0.3, 0.4) is 0 Å². The average molecular weight is 297 g/mol. The molecule has 0 saturated heterocycles. The van der Waals surface area contributed by atoms with Crippen LogP contribution in [0.2, 0.25) is 0 Å². The van der Waals surface area contributed by atoms with Gasteiger partial charge in [-0.1, -0.05) is 78.9 Å². The van der Waals surface area contributed by atoms with Crippen molar-refractivity contribution in [3.05, 3.63) is 95.6 Å². The fourth-order valence-electron chi connectivity index (χ4n) is 3.35. The van der Waals surface area contributed by atoms with Crippen molar-refractivity contribution in [3.63, 3.8) is 0 Å². The summed E-state index contributed by atoms with van der Waals surface area (Å²) in [5, 5.41) is 0. The molecule has 0 aromatic heterocycles. The lowest BCUT2D eigenvalue weighted by Crippen LogP contribution is -1.94. The van der Waals surface area contributed by atoms with E-state index in [1.165, 1.54) is 27.8 Å². The van der Waals surface area contributed by atoms with Gasteiger partial charge in [-0.25, -0.2) is 0 Å². The molecule has 3 aromatic carbocycles. The summed E-state index contributed by atoms with van der Waals surface area (Å²) in [5.74, 6) is 0. The number of hydrogen-bond acceptors (Lipinski definition) is 1. The molecule has 0 spiro atoms. The Balaban J connectivity index is 1.56. The van der Waals surface area contributed by atoms with Crippen LogP contribution in [0.25, 0.3) is 11.1 Å². The van der Waals surface area contributed by atoms with Crippen molar-refractivity contribution < 1.29 is 0 Å². The summed E-state index contributed by atoms with van der Waals surface area (Å²) < 4.78 is 0. The fourth-order valence-corrected chi connectivity index (χ4v) is 3.35. The molecular formula is C22H19N. The Morgan fingerprint density at radius 3 is 1.91 bits per heavy atom. The van der Waals surface area contributed by atoms with Gasteiger partial charge in [0.15, 0.2) is 0 Å². The average Bonchev–Trinajstić information content (AvgIpc) is 2.94. The van der Waals surface area contributed by atoms with Crippen molar-refractivity contribution in [2.45, 2.75) is 18.9 Å². The molecule has 3 aromatic rings. The van der Waals surface area contributed by atoms with Gasteiger partial charge in [0.2, 0.25) is 0 Å². The molecule has 0 heterocycles. The molecule has 0 amide bonds. The third-order valence-electron chi connectivity index (χ3n) is 4.46. The predicted molar refractivity (Wildman–Crippen MR) is 97.0 cm³/mol. The van der Waals surface area contributed by atoms with E-state index in [0.29, 0.717) is 0 Å². The van der Waals surface area contributed by atoms with Gasteiger partial charge in [0.1, 0.15) is 6.04 Å². The van der Waals surface area contributed by atoms with Crippen LogP contribution < -0.4 is 0 Å². The van der Waals surface area contributed by atoms with Gasteiger partial charge in [-0.3, -0.25) is 4.99 Å². The van der Waals surface area contributed by atoms with Gasteiger partial charge in [0, 0.05) is 6.21 Å². The Bertz CT molecular complexity index is 788. The van der Waals surface area contributed by atoms with Crippen molar-refractivity contribution in [2.75, 3.05) is 0 Å². The molecule has 1 heteroatoms. The maximum Gasteiger partial charge on any atom is 0.101 e. The van der Waals surface area contributed by atoms with E-state index in [1.54, 1.807) is 0 Å². The van der Waals surface area contributed by atoms with E-state index >= 15 is 0 Å². The zero-order valence-corrected chi connectivity index (χ0v) is 13.0. The summed E-state index contributed by atoms with van der Waals surface area (Å²) in [5.41, 5.74) is 6.67. The molecule has 112 valence electrons. The summed E-state index contributed by atoms with van der Waals surface area (Å²) in [4.78, 5) is 4.90. The molecule has 23 heavy (non-hydrogen) atoms. The molecule has 1 nitrogen and oxygen atoms in total. The van der Waals surface area contributed by atoms with E-state index < -0.39 is 0 Å². The van der Waals surface area contributed by atoms with Crippen molar-refractivity contribution in [1.29, 1.82) is 0 Å². The molecule has 1 aliphatic carbocycles. The first-order valence-electron chi connectivity index (χ1n) is 8.17. The smallest absolute Gasteiger partial charge is 0.101 e. The second-order valence-corrected chi connectivity index (χ2v) is 5.93. The van der Waals surface area contributed by atoms with E-state index in [-0.39, 0.29) is 6.04 Å². The Labute approximate surface area is 137 Å². The molecule has 0 atom stereocenters. The van der Waals surface area contributed by atoms with Crippen LogP contribution in [0.15, 0.2) is 83.9 Å². The predicted octanol–water partition coefficient (Wildman–Crippen LogP) is 5.46. The number of aryl methyl sites for hydroxylation is 1. The van der Waals surface area contributed by atoms with E-state index in [9.17, 15) is 0 Å². The highest BCUT2D eigenvalue weighted by Crippen LogP contribution is 2.44. The van der Waals surface area contributed by atoms with Crippen molar-refractivity contribution in [2.24, 2.45) is 4.99 Å². The highest BCUT2D eigenvalue weighted by atomic mass is 14.8. The second-order valence-electron chi connectivity index (χ2n) is 5.93. The van der Waals surface area contributed by atoms with E-state index in [1.807, 2.05) is 0 Å². The zero-order valence-electron chi connectivity index (χ0n) is 13.0. The largest absolute Gasteiger partial charge is 0.285 e. The van der Waals surface area contributed by atoms with Crippen LogP contribution in [0.4, 0.5) is 0 Å². The summed E-state index contributed by atoms with van der Waals surface area (Å²) in [6.07, 6.45) is 4.11. The summed E-state index contributed by atoms with van der Waals surface area (Å²) in [6, 6.07) is 28.0. The lowest BCUT2D eigenvalue weighted by atomic mass is 10.1. The first-order valence-corrected chi connectivity index (χ1v) is 8.17.